The van der Waals surface area contributed by atoms with Crippen molar-refractivity contribution in [2.24, 2.45) is 11.7 Å². The molecule has 94 valence electrons. The topological polar surface area (TPSA) is 29.3 Å². The van der Waals surface area contributed by atoms with Gasteiger partial charge in [-0.2, -0.15) is 0 Å². The molecule has 2 heteroatoms. The van der Waals surface area contributed by atoms with Crippen molar-refractivity contribution >= 4 is 0 Å². The van der Waals surface area contributed by atoms with Gasteiger partial charge < -0.3 is 5.73 Å². The molecule has 2 fully saturated rings. The summed E-state index contributed by atoms with van der Waals surface area (Å²) in [6.07, 6.45) is 9.59. The number of rotatable bonds is 3. The molecule has 0 aromatic heterocycles. The van der Waals surface area contributed by atoms with Crippen LogP contribution in [0.3, 0.4) is 0 Å². The molecule has 3 atom stereocenters. The van der Waals surface area contributed by atoms with E-state index >= 15 is 0 Å². The van der Waals surface area contributed by atoms with Gasteiger partial charge in [-0.15, -0.1) is 0 Å². The minimum absolute atomic E-state index is 0.362. The Morgan fingerprint density at radius 3 is 2.69 bits per heavy atom. The molecule has 0 spiro atoms. The number of hydrogen-bond donors (Lipinski definition) is 1. The van der Waals surface area contributed by atoms with Gasteiger partial charge in [-0.25, -0.2) is 0 Å². The van der Waals surface area contributed by atoms with Crippen LogP contribution in [0.1, 0.15) is 58.8 Å². The summed E-state index contributed by atoms with van der Waals surface area (Å²) in [7, 11) is 0. The molecule has 0 amide bonds. The van der Waals surface area contributed by atoms with E-state index in [-0.39, 0.29) is 0 Å². The van der Waals surface area contributed by atoms with E-state index in [2.05, 4.69) is 18.7 Å². The summed E-state index contributed by atoms with van der Waals surface area (Å²) in [6, 6.07) is 0.757. The molecule has 1 saturated heterocycles. The highest BCUT2D eigenvalue weighted by molar-refractivity contribution is 5.01. The quantitative estimate of drug-likeness (QED) is 0.798. The molecule has 1 heterocycles. The molecule has 2 nitrogen and oxygen atoms in total. The van der Waals surface area contributed by atoms with Gasteiger partial charge in [-0.1, -0.05) is 19.8 Å². The lowest BCUT2D eigenvalue weighted by molar-refractivity contribution is 0.0308. The Hall–Kier alpha value is -0.0800. The lowest BCUT2D eigenvalue weighted by atomic mass is 9.88. The fraction of sp³-hybridized carbons (Fsp3) is 1.00. The van der Waals surface area contributed by atoms with Crippen LogP contribution in [-0.2, 0) is 0 Å². The summed E-state index contributed by atoms with van der Waals surface area (Å²) in [5.74, 6) is 0.928. The summed E-state index contributed by atoms with van der Waals surface area (Å²) in [5.41, 5.74) is 6.50. The van der Waals surface area contributed by atoms with Gasteiger partial charge in [0.25, 0.3) is 0 Å². The van der Waals surface area contributed by atoms with Gasteiger partial charge in [-0.3, -0.25) is 4.90 Å². The second-order valence-electron chi connectivity index (χ2n) is 5.98. The van der Waals surface area contributed by atoms with Gasteiger partial charge in [-0.05, 0) is 51.5 Å². The second-order valence-corrected chi connectivity index (χ2v) is 5.98. The fourth-order valence-corrected chi connectivity index (χ4v) is 3.93. The third-order valence-electron chi connectivity index (χ3n) is 5.06. The molecule has 1 aliphatic heterocycles. The Kier molecular flexibility index (Phi) is 3.91. The minimum Gasteiger partial charge on any atom is -0.329 e. The second kappa shape index (κ2) is 5.05. The molecule has 16 heavy (non-hydrogen) atoms. The largest absolute Gasteiger partial charge is 0.329 e. The van der Waals surface area contributed by atoms with Crippen molar-refractivity contribution in [1.29, 1.82) is 0 Å². The van der Waals surface area contributed by atoms with Crippen LogP contribution in [0, 0.1) is 5.92 Å². The smallest absolute Gasteiger partial charge is 0.0337 e. The molecule has 0 aromatic rings. The summed E-state index contributed by atoms with van der Waals surface area (Å²) in [5, 5.41) is 0. The zero-order valence-corrected chi connectivity index (χ0v) is 11.0. The summed E-state index contributed by atoms with van der Waals surface area (Å²) in [4.78, 5) is 2.76. The molecule has 0 bridgehead atoms. The first kappa shape index (κ1) is 12.4. The van der Waals surface area contributed by atoms with Gasteiger partial charge in [0.1, 0.15) is 0 Å². The molecule has 1 aliphatic carbocycles. The highest BCUT2D eigenvalue weighted by Gasteiger charge is 2.44. The van der Waals surface area contributed by atoms with Gasteiger partial charge in [0.05, 0.1) is 0 Å². The summed E-state index contributed by atoms with van der Waals surface area (Å²) < 4.78 is 0. The highest BCUT2D eigenvalue weighted by atomic mass is 15.2. The number of nitrogens with two attached hydrogens (primary N) is 1. The fourth-order valence-electron chi connectivity index (χ4n) is 3.93. The Morgan fingerprint density at radius 2 is 2.12 bits per heavy atom. The number of likely N-dealkylation sites (tertiary alicyclic amines) is 1. The maximum Gasteiger partial charge on any atom is 0.0337 e. The van der Waals surface area contributed by atoms with E-state index in [9.17, 15) is 0 Å². The zero-order valence-electron chi connectivity index (χ0n) is 11.0. The van der Waals surface area contributed by atoms with Crippen molar-refractivity contribution in [3.63, 3.8) is 0 Å². The minimum atomic E-state index is 0.362. The van der Waals surface area contributed by atoms with E-state index in [1.807, 2.05) is 0 Å². The lowest BCUT2D eigenvalue weighted by Crippen LogP contribution is -2.57. The van der Waals surface area contributed by atoms with Crippen LogP contribution in [0.15, 0.2) is 0 Å². The predicted molar refractivity (Wildman–Crippen MR) is 69.4 cm³/mol. The van der Waals surface area contributed by atoms with Crippen LogP contribution in [0.25, 0.3) is 0 Å². The van der Waals surface area contributed by atoms with E-state index in [1.165, 1.54) is 51.5 Å². The highest BCUT2D eigenvalue weighted by Crippen LogP contribution is 2.42. The Morgan fingerprint density at radius 1 is 1.31 bits per heavy atom. The van der Waals surface area contributed by atoms with E-state index in [1.54, 1.807) is 0 Å². The van der Waals surface area contributed by atoms with Gasteiger partial charge >= 0.3 is 0 Å². The maximum atomic E-state index is 6.14. The van der Waals surface area contributed by atoms with Crippen molar-refractivity contribution in [2.75, 3.05) is 13.1 Å². The third kappa shape index (κ3) is 2.14. The molecule has 1 saturated carbocycles. The normalized spacial score (nSPS) is 41.4. The van der Waals surface area contributed by atoms with E-state index in [4.69, 9.17) is 5.73 Å². The van der Waals surface area contributed by atoms with Gasteiger partial charge in [0.2, 0.25) is 0 Å². The Labute approximate surface area is 101 Å². The molecule has 2 N–H and O–H groups in total. The Bertz CT molecular complexity index is 229. The number of piperidine rings is 1. The first-order chi connectivity index (χ1) is 7.72. The van der Waals surface area contributed by atoms with Crippen LogP contribution in [0.4, 0.5) is 0 Å². The molecule has 2 aliphatic rings. The number of nitrogens with zero attached hydrogens (tertiary/aromatic N) is 1. The van der Waals surface area contributed by atoms with E-state index in [0.717, 1.165) is 18.5 Å². The van der Waals surface area contributed by atoms with Crippen molar-refractivity contribution < 1.29 is 0 Å². The maximum absolute atomic E-state index is 6.14. The van der Waals surface area contributed by atoms with Crippen molar-refractivity contribution in [1.82, 2.24) is 4.90 Å². The van der Waals surface area contributed by atoms with E-state index in [0.29, 0.717) is 5.54 Å². The van der Waals surface area contributed by atoms with Crippen LogP contribution < -0.4 is 5.73 Å². The van der Waals surface area contributed by atoms with Crippen molar-refractivity contribution in [3.8, 4) is 0 Å². The number of hydrogen-bond acceptors (Lipinski definition) is 2. The van der Waals surface area contributed by atoms with Crippen molar-refractivity contribution in [3.05, 3.63) is 0 Å². The zero-order chi connectivity index (χ0) is 11.6. The molecule has 0 aromatic carbocycles. The van der Waals surface area contributed by atoms with Crippen LogP contribution in [0.5, 0.6) is 0 Å². The molecule has 0 radical (unpaired) electrons. The molecule has 3 unspecified atom stereocenters. The van der Waals surface area contributed by atoms with Crippen LogP contribution in [0.2, 0.25) is 0 Å². The predicted octanol–water partition coefficient (Wildman–Crippen LogP) is 2.77. The molecular weight excluding hydrogens is 196 g/mol. The standard InChI is InChI=1S/C14H28N2/c1-3-13-7-8-14(10-13,11-15)16-9-5-4-6-12(16)2/h12-13H,3-11,15H2,1-2H3. The van der Waals surface area contributed by atoms with E-state index < -0.39 is 0 Å². The van der Waals surface area contributed by atoms with Gasteiger partial charge in [0.15, 0.2) is 0 Å². The average Bonchev–Trinajstić information content (AvgIpc) is 2.74. The summed E-state index contributed by atoms with van der Waals surface area (Å²) in [6.45, 7) is 6.88. The Balaban J connectivity index is 2.08. The lowest BCUT2D eigenvalue weighted by Gasteiger charge is -2.47. The summed E-state index contributed by atoms with van der Waals surface area (Å²) >= 11 is 0. The van der Waals surface area contributed by atoms with Crippen molar-refractivity contribution in [2.45, 2.75) is 70.4 Å². The first-order valence-corrected chi connectivity index (χ1v) is 7.18. The molecule has 2 rings (SSSR count). The van der Waals surface area contributed by atoms with Crippen LogP contribution >= 0.6 is 0 Å². The van der Waals surface area contributed by atoms with Crippen LogP contribution in [-0.4, -0.2) is 29.6 Å². The average molecular weight is 224 g/mol. The molecular formula is C14H28N2. The SMILES string of the molecule is CCC1CCC(CN)(N2CCCCC2C)C1. The first-order valence-electron chi connectivity index (χ1n) is 7.18. The van der Waals surface area contributed by atoms with Gasteiger partial charge in [0, 0.05) is 18.1 Å². The monoisotopic (exact) mass is 224 g/mol. The third-order valence-corrected chi connectivity index (χ3v) is 5.06.